The number of rotatable bonds is 7. The van der Waals surface area contributed by atoms with Crippen LogP contribution >= 0.6 is 0 Å². The minimum absolute atomic E-state index is 0.0334. The Kier molecular flexibility index (Phi) is 7.18. The van der Waals surface area contributed by atoms with Gasteiger partial charge in [-0.1, -0.05) is 6.92 Å². The molecule has 0 saturated heterocycles. The van der Waals surface area contributed by atoms with E-state index < -0.39 is 10.0 Å². The Morgan fingerprint density at radius 1 is 1.17 bits per heavy atom. The van der Waals surface area contributed by atoms with Gasteiger partial charge < -0.3 is 10.2 Å². The molecule has 2 aliphatic rings. The fourth-order valence-corrected chi connectivity index (χ4v) is 5.75. The van der Waals surface area contributed by atoms with Gasteiger partial charge in [0.15, 0.2) is 0 Å². The second-order valence-electron chi connectivity index (χ2n) is 8.59. The van der Waals surface area contributed by atoms with Gasteiger partial charge >= 0.3 is 0 Å². The van der Waals surface area contributed by atoms with E-state index in [0.29, 0.717) is 19.5 Å². The second-order valence-corrected chi connectivity index (χ2v) is 10.4. The molecular formula is C22H33N3O4S. The van der Waals surface area contributed by atoms with Crippen LogP contribution in [-0.4, -0.2) is 39.4 Å². The van der Waals surface area contributed by atoms with Crippen molar-refractivity contribution in [2.75, 3.05) is 18.0 Å². The molecule has 1 heterocycles. The average Bonchev–Trinajstić information content (AvgIpc) is 3.06. The number of nitrogens with one attached hydrogen (secondary N) is 2. The normalized spacial score (nSPS) is 23.8. The largest absolute Gasteiger partial charge is 0.356 e. The lowest BCUT2D eigenvalue weighted by Crippen LogP contribution is -2.36. The van der Waals surface area contributed by atoms with Gasteiger partial charge in [0, 0.05) is 37.7 Å². The number of fused-ring (bicyclic) bond motifs is 1. The highest BCUT2D eigenvalue weighted by Crippen LogP contribution is 2.34. The van der Waals surface area contributed by atoms with Crippen molar-refractivity contribution in [2.45, 2.75) is 70.2 Å². The van der Waals surface area contributed by atoms with Crippen LogP contribution in [0.25, 0.3) is 0 Å². The summed E-state index contributed by atoms with van der Waals surface area (Å²) >= 11 is 0. The first-order valence-corrected chi connectivity index (χ1v) is 12.4. The second kappa shape index (κ2) is 9.47. The van der Waals surface area contributed by atoms with E-state index in [1.807, 2.05) is 13.8 Å². The molecule has 2 N–H and O–H groups in total. The van der Waals surface area contributed by atoms with E-state index in [1.165, 1.54) is 6.92 Å². The molecule has 1 aromatic rings. The van der Waals surface area contributed by atoms with Crippen LogP contribution in [0.4, 0.5) is 5.69 Å². The lowest BCUT2D eigenvalue weighted by molar-refractivity contribution is -0.126. The van der Waals surface area contributed by atoms with Gasteiger partial charge in [0.2, 0.25) is 21.8 Å². The minimum Gasteiger partial charge on any atom is -0.356 e. The van der Waals surface area contributed by atoms with Crippen LogP contribution in [0.2, 0.25) is 0 Å². The van der Waals surface area contributed by atoms with Gasteiger partial charge in [-0.15, -0.1) is 0 Å². The van der Waals surface area contributed by atoms with Crippen molar-refractivity contribution in [1.82, 2.24) is 10.0 Å². The van der Waals surface area contributed by atoms with Gasteiger partial charge in [0.25, 0.3) is 0 Å². The van der Waals surface area contributed by atoms with E-state index in [-0.39, 0.29) is 34.6 Å². The third-order valence-electron chi connectivity index (χ3n) is 6.24. The van der Waals surface area contributed by atoms with E-state index in [1.54, 1.807) is 23.1 Å². The van der Waals surface area contributed by atoms with Gasteiger partial charge in [0.05, 0.1) is 4.90 Å². The smallest absolute Gasteiger partial charge is 0.240 e. The molecule has 1 atom stereocenters. The van der Waals surface area contributed by atoms with Crippen LogP contribution in [0.1, 0.15) is 58.4 Å². The predicted octanol–water partition coefficient (Wildman–Crippen LogP) is 2.59. The van der Waals surface area contributed by atoms with Crippen LogP contribution in [0, 0.1) is 11.8 Å². The number of hydrogen-bond donors (Lipinski definition) is 2. The number of carbonyl (C=O) groups is 2. The number of nitrogens with zero attached hydrogens (tertiary/aromatic N) is 1. The average molecular weight is 436 g/mol. The maximum Gasteiger partial charge on any atom is 0.240 e. The molecular weight excluding hydrogens is 402 g/mol. The van der Waals surface area contributed by atoms with Crippen molar-refractivity contribution < 1.29 is 18.0 Å². The van der Waals surface area contributed by atoms with Crippen LogP contribution in [0.5, 0.6) is 0 Å². The maximum atomic E-state index is 12.8. The molecule has 1 aliphatic heterocycles. The first-order valence-electron chi connectivity index (χ1n) is 10.9. The first-order chi connectivity index (χ1) is 14.2. The number of sulfonamides is 1. The zero-order valence-corrected chi connectivity index (χ0v) is 18.9. The molecule has 0 bridgehead atoms. The van der Waals surface area contributed by atoms with Gasteiger partial charge in [-0.3, -0.25) is 9.59 Å². The zero-order valence-electron chi connectivity index (χ0n) is 18.1. The standard InChI is InChI=1S/C22H33N3O4S/c1-4-11-23-22(27)18-7-5-17(6-8-18)14-24-30(28,29)20-9-10-21-19(13-20)12-15(2)25(21)16(3)26/h9-10,13,15,17-18,24H,4-8,11-12,14H2,1-3H3,(H,23,27)/t15-,17?,18?/m0/s1. The molecule has 1 fully saturated rings. The Morgan fingerprint density at radius 2 is 1.87 bits per heavy atom. The van der Waals surface area contributed by atoms with E-state index in [0.717, 1.165) is 43.4 Å². The Balaban J connectivity index is 1.56. The first kappa shape index (κ1) is 22.7. The highest BCUT2D eigenvalue weighted by atomic mass is 32.2. The van der Waals surface area contributed by atoms with Crippen LogP contribution in [-0.2, 0) is 26.0 Å². The summed E-state index contributed by atoms with van der Waals surface area (Å²) in [5.41, 5.74) is 1.69. The lowest BCUT2D eigenvalue weighted by atomic mass is 9.81. The third-order valence-corrected chi connectivity index (χ3v) is 7.67. The van der Waals surface area contributed by atoms with Gasteiger partial charge in [-0.25, -0.2) is 13.1 Å². The molecule has 0 aromatic heterocycles. The van der Waals surface area contributed by atoms with Gasteiger partial charge in [-0.2, -0.15) is 0 Å². The molecule has 166 valence electrons. The molecule has 8 heteroatoms. The summed E-state index contributed by atoms with van der Waals surface area (Å²) in [5, 5.41) is 2.95. The van der Waals surface area contributed by atoms with E-state index >= 15 is 0 Å². The fraction of sp³-hybridized carbons (Fsp3) is 0.636. The summed E-state index contributed by atoms with van der Waals surface area (Å²) in [4.78, 5) is 25.9. The van der Waals surface area contributed by atoms with E-state index in [2.05, 4.69) is 10.0 Å². The molecule has 7 nitrogen and oxygen atoms in total. The highest BCUT2D eigenvalue weighted by Gasteiger charge is 2.31. The molecule has 2 amide bonds. The Morgan fingerprint density at radius 3 is 2.50 bits per heavy atom. The topological polar surface area (TPSA) is 95.6 Å². The predicted molar refractivity (Wildman–Crippen MR) is 117 cm³/mol. The van der Waals surface area contributed by atoms with Crippen molar-refractivity contribution in [3.8, 4) is 0 Å². The Bertz CT molecular complexity index is 892. The number of benzene rings is 1. The molecule has 30 heavy (non-hydrogen) atoms. The number of amides is 2. The monoisotopic (exact) mass is 435 g/mol. The maximum absolute atomic E-state index is 12.8. The van der Waals surface area contributed by atoms with E-state index in [4.69, 9.17) is 0 Å². The Labute approximate surface area is 179 Å². The molecule has 1 saturated carbocycles. The zero-order chi connectivity index (χ0) is 21.9. The van der Waals surface area contributed by atoms with Crippen molar-refractivity contribution >= 4 is 27.5 Å². The molecule has 1 aliphatic carbocycles. The number of hydrogen-bond acceptors (Lipinski definition) is 4. The Hall–Kier alpha value is -1.93. The third kappa shape index (κ3) is 5.03. The number of anilines is 1. The quantitative estimate of drug-likeness (QED) is 0.688. The van der Waals surface area contributed by atoms with Gasteiger partial charge in [0.1, 0.15) is 0 Å². The van der Waals surface area contributed by atoms with Crippen molar-refractivity contribution in [1.29, 1.82) is 0 Å². The van der Waals surface area contributed by atoms with Crippen LogP contribution < -0.4 is 14.9 Å². The summed E-state index contributed by atoms with van der Waals surface area (Å²) in [6.45, 7) is 6.62. The summed E-state index contributed by atoms with van der Waals surface area (Å²) in [6, 6.07) is 5.03. The van der Waals surface area contributed by atoms with Crippen LogP contribution in [0.3, 0.4) is 0 Å². The molecule has 1 aromatic carbocycles. The summed E-state index contributed by atoms with van der Waals surface area (Å²) in [5.74, 6) is 0.391. The van der Waals surface area contributed by atoms with Crippen LogP contribution in [0.15, 0.2) is 23.1 Å². The van der Waals surface area contributed by atoms with Crippen molar-refractivity contribution in [2.24, 2.45) is 11.8 Å². The van der Waals surface area contributed by atoms with Crippen molar-refractivity contribution in [3.05, 3.63) is 23.8 Å². The fourth-order valence-electron chi connectivity index (χ4n) is 4.59. The molecule has 0 spiro atoms. The molecule has 0 radical (unpaired) electrons. The highest BCUT2D eigenvalue weighted by molar-refractivity contribution is 7.89. The lowest BCUT2D eigenvalue weighted by Gasteiger charge is -2.27. The molecule has 0 unspecified atom stereocenters. The minimum atomic E-state index is -3.61. The summed E-state index contributed by atoms with van der Waals surface area (Å²) in [7, 11) is -3.61. The SMILES string of the molecule is CCCNC(=O)C1CCC(CNS(=O)(=O)c2ccc3c(c2)C[C@H](C)N3C(C)=O)CC1. The van der Waals surface area contributed by atoms with Crippen molar-refractivity contribution in [3.63, 3.8) is 0 Å². The summed E-state index contributed by atoms with van der Waals surface area (Å²) in [6.07, 6.45) is 4.89. The summed E-state index contributed by atoms with van der Waals surface area (Å²) < 4.78 is 28.4. The van der Waals surface area contributed by atoms with Gasteiger partial charge in [-0.05, 0) is 75.1 Å². The number of carbonyl (C=O) groups excluding carboxylic acids is 2. The van der Waals surface area contributed by atoms with E-state index in [9.17, 15) is 18.0 Å². The molecule has 3 rings (SSSR count).